The van der Waals surface area contributed by atoms with Crippen LogP contribution < -0.4 is 9.57 Å². The van der Waals surface area contributed by atoms with Gasteiger partial charge < -0.3 is 0 Å². The molecule has 2 aromatic rings. The van der Waals surface area contributed by atoms with Crippen LogP contribution in [0, 0.1) is 12.8 Å². The number of aromatic nitrogens is 1. The van der Waals surface area contributed by atoms with Crippen LogP contribution in [0.5, 0.6) is 0 Å². The Hall–Kier alpha value is -1.83. The molecular formula is C20H28NO+. The van der Waals surface area contributed by atoms with Crippen molar-refractivity contribution in [2.45, 2.75) is 46.5 Å². The third kappa shape index (κ3) is 4.87. The highest BCUT2D eigenvalue weighted by Crippen LogP contribution is 2.18. The molecule has 0 amide bonds. The van der Waals surface area contributed by atoms with Crippen LogP contribution in [0.3, 0.4) is 0 Å². The van der Waals surface area contributed by atoms with E-state index in [0.29, 0.717) is 5.92 Å². The van der Waals surface area contributed by atoms with E-state index in [9.17, 15) is 0 Å². The van der Waals surface area contributed by atoms with Gasteiger partial charge in [0.05, 0.1) is 0 Å². The molecule has 0 spiro atoms. The maximum Gasteiger partial charge on any atom is 0.223 e. The van der Waals surface area contributed by atoms with Crippen LogP contribution in [-0.2, 0) is 0 Å². The fraction of sp³-hybridized carbons (Fsp3) is 0.450. The van der Waals surface area contributed by atoms with E-state index in [1.165, 1.54) is 42.4 Å². The summed E-state index contributed by atoms with van der Waals surface area (Å²) in [5, 5.41) is 0. The Morgan fingerprint density at radius 1 is 0.955 bits per heavy atom. The summed E-state index contributed by atoms with van der Waals surface area (Å²) in [6.45, 7) is 7.39. The van der Waals surface area contributed by atoms with Gasteiger partial charge in [0.1, 0.15) is 0 Å². The highest BCUT2D eigenvalue weighted by molar-refractivity contribution is 5.62. The Kier molecular flexibility index (Phi) is 6.45. The summed E-state index contributed by atoms with van der Waals surface area (Å²) in [7, 11) is 0. The van der Waals surface area contributed by atoms with E-state index < -0.39 is 0 Å². The second-order valence-electron chi connectivity index (χ2n) is 6.03. The van der Waals surface area contributed by atoms with Crippen molar-refractivity contribution in [3.63, 3.8) is 0 Å². The topological polar surface area (TPSA) is 13.1 Å². The average Bonchev–Trinajstić information content (AvgIpc) is 2.56. The fourth-order valence-corrected chi connectivity index (χ4v) is 2.53. The number of benzene rings is 1. The van der Waals surface area contributed by atoms with Crippen molar-refractivity contribution in [1.29, 1.82) is 0 Å². The van der Waals surface area contributed by atoms with Gasteiger partial charge in [-0.15, -0.1) is 0 Å². The monoisotopic (exact) mass is 298 g/mol. The Morgan fingerprint density at radius 2 is 1.59 bits per heavy atom. The summed E-state index contributed by atoms with van der Waals surface area (Å²) in [5.41, 5.74) is 3.75. The molecule has 0 radical (unpaired) electrons. The second-order valence-corrected chi connectivity index (χ2v) is 6.03. The molecule has 0 aliphatic carbocycles. The second kappa shape index (κ2) is 8.57. The molecular weight excluding hydrogens is 270 g/mol. The van der Waals surface area contributed by atoms with Crippen LogP contribution in [0.1, 0.15) is 45.1 Å². The van der Waals surface area contributed by atoms with Gasteiger partial charge in [-0.3, -0.25) is 4.84 Å². The Bertz CT molecular complexity index is 545. The van der Waals surface area contributed by atoms with E-state index in [1.807, 2.05) is 17.1 Å². The minimum Gasteiger partial charge on any atom is -0.271 e. The van der Waals surface area contributed by atoms with Gasteiger partial charge in [0, 0.05) is 16.9 Å². The predicted octanol–water partition coefficient (Wildman–Crippen LogP) is 4.59. The maximum atomic E-state index is 5.88. The summed E-state index contributed by atoms with van der Waals surface area (Å²) < 4.78 is 1.83. The van der Waals surface area contributed by atoms with Crippen molar-refractivity contribution < 1.29 is 9.57 Å². The predicted molar refractivity (Wildman–Crippen MR) is 91.6 cm³/mol. The van der Waals surface area contributed by atoms with Gasteiger partial charge in [0.2, 0.25) is 12.4 Å². The lowest BCUT2D eigenvalue weighted by atomic mass is 10.0. The molecule has 1 unspecified atom stereocenters. The van der Waals surface area contributed by atoms with Gasteiger partial charge in [-0.05, 0) is 36.8 Å². The highest BCUT2D eigenvalue weighted by atomic mass is 16.7. The summed E-state index contributed by atoms with van der Waals surface area (Å²) in [5.74, 6) is 0.657. The van der Waals surface area contributed by atoms with Crippen molar-refractivity contribution in [3.8, 4) is 11.1 Å². The van der Waals surface area contributed by atoms with E-state index in [-0.39, 0.29) is 0 Å². The maximum absolute atomic E-state index is 5.88. The zero-order valence-corrected chi connectivity index (χ0v) is 14.1. The van der Waals surface area contributed by atoms with Crippen molar-refractivity contribution in [2.24, 2.45) is 5.92 Å². The quantitative estimate of drug-likeness (QED) is 0.649. The molecule has 1 heterocycles. The molecule has 2 heteroatoms. The van der Waals surface area contributed by atoms with Crippen molar-refractivity contribution >= 4 is 0 Å². The third-order valence-electron chi connectivity index (χ3n) is 4.19. The molecule has 1 aromatic heterocycles. The van der Waals surface area contributed by atoms with E-state index in [4.69, 9.17) is 4.84 Å². The molecule has 0 saturated heterocycles. The van der Waals surface area contributed by atoms with Crippen LogP contribution in [0.25, 0.3) is 11.1 Å². The van der Waals surface area contributed by atoms with Crippen LogP contribution in [-0.4, -0.2) is 6.61 Å². The van der Waals surface area contributed by atoms with Crippen LogP contribution in [0.15, 0.2) is 48.8 Å². The van der Waals surface area contributed by atoms with Crippen molar-refractivity contribution in [1.82, 2.24) is 0 Å². The molecule has 0 fully saturated rings. The standard InChI is InChI=1S/C20H28NO/c1-4-6-7-18(5-2)16-22-21-14-12-20(13-15-21)19-10-8-17(3)9-11-19/h8-15,18H,4-7,16H2,1-3H3/q+1. The van der Waals surface area contributed by atoms with Crippen molar-refractivity contribution in [2.75, 3.05) is 6.61 Å². The summed E-state index contributed by atoms with van der Waals surface area (Å²) in [6, 6.07) is 12.8. The minimum absolute atomic E-state index is 0.657. The lowest BCUT2D eigenvalue weighted by molar-refractivity contribution is -0.892. The molecule has 0 aliphatic rings. The van der Waals surface area contributed by atoms with E-state index in [2.05, 4.69) is 57.2 Å². The van der Waals surface area contributed by atoms with Gasteiger partial charge in [-0.25, -0.2) is 0 Å². The summed E-state index contributed by atoms with van der Waals surface area (Å²) >= 11 is 0. The molecule has 0 N–H and O–H groups in total. The number of unbranched alkanes of at least 4 members (excludes halogenated alkanes) is 1. The van der Waals surface area contributed by atoms with E-state index in [1.54, 1.807) is 0 Å². The SMILES string of the molecule is CCCCC(CC)CO[n+]1ccc(-c2ccc(C)cc2)cc1. The first-order valence-electron chi connectivity index (χ1n) is 8.44. The van der Waals surface area contributed by atoms with Crippen molar-refractivity contribution in [3.05, 3.63) is 54.4 Å². The first-order valence-corrected chi connectivity index (χ1v) is 8.44. The number of hydrogen-bond donors (Lipinski definition) is 0. The van der Waals surface area contributed by atoms with Gasteiger partial charge in [-0.1, -0.05) is 56.5 Å². The summed E-state index contributed by atoms with van der Waals surface area (Å²) in [6.07, 6.45) is 8.99. The largest absolute Gasteiger partial charge is 0.271 e. The smallest absolute Gasteiger partial charge is 0.223 e. The lowest BCUT2D eigenvalue weighted by Gasteiger charge is -2.11. The van der Waals surface area contributed by atoms with Crippen LogP contribution in [0.4, 0.5) is 0 Å². The van der Waals surface area contributed by atoms with Gasteiger partial charge in [0.25, 0.3) is 0 Å². The van der Waals surface area contributed by atoms with Gasteiger partial charge >= 0.3 is 0 Å². The molecule has 1 atom stereocenters. The number of aryl methyl sites for hydroxylation is 1. The molecule has 1 aromatic carbocycles. The first kappa shape index (κ1) is 16.5. The zero-order chi connectivity index (χ0) is 15.8. The number of hydrogen-bond acceptors (Lipinski definition) is 1. The van der Waals surface area contributed by atoms with E-state index >= 15 is 0 Å². The number of pyridine rings is 1. The van der Waals surface area contributed by atoms with E-state index in [0.717, 1.165) is 6.61 Å². The van der Waals surface area contributed by atoms with Gasteiger partial charge in [-0.2, -0.15) is 0 Å². The molecule has 0 aliphatic heterocycles. The minimum atomic E-state index is 0.657. The Labute approximate surface area is 134 Å². The molecule has 2 rings (SSSR count). The molecule has 0 saturated carbocycles. The number of rotatable bonds is 8. The Balaban J connectivity index is 1.92. The molecule has 22 heavy (non-hydrogen) atoms. The fourth-order valence-electron chi connectivity index (χ4n) is 2.53. The number of nitrogens with zero attached hydrogens (tertiary/aromatic N) is 1. The van der Waals surface area contributed by atoms with Crippen LogP contribution in [0.2, 0.25) is 0 Å². The Morgan fingerprint density at radius 3 is 2.18 bits per heavy atom. The molecule has 118 valence electrons. The zero-order valence-electron chi connectivity index (χ0n) is 14.1. The molecule has 2 nitrogen and oxygen atoms in total. The lowest BCUT2D eigenvalue weighted by Crippen LogP contribution is -2.43. The summed E-state index contributed by atoms with van der Waals surface area (Å²) in [4.78, 5) is 5.88. The normalized spacial score (nSPS) is 12.1. The average molecular weight is 298 g/mol. The molecule has 0 bridgehead atoms. The van der Waals surface area contributed by atoms with Gasteiger partial charge in [0.15, 0.2) is 6.61 Å². The highest BCUT2D eigenvalue weighted by Gasteiger charge is 2.10. The third-order valence-corrected chi connectivity index (χ3v) is 4.19. The first-order chi connectivity index (χ1) is 10.7. The van der Waals surface area contributed by atoms with Crippen LogP contribution >= 0.6 is 0 Å².